The van der Waals surface area contributed by atoms with Crippen molar-refractivity contribution in [3.8, 4) is 11.4 Å². The Morgan fingerprint density at radius 3 is 2.57 bits per heavy atom. The maximum absolute atomic E-state index is 12.9. The SMILES string of the molecule is CC(C)(C)OC(=O)c1ccn2c1C1(CCNCC1)Oc1cc(C(=O)O)ccc1-2. The van der Waals surface area contributed by atoms with Gasteiger partial charge in [-0.1, -0.05) is 0 Å². The van der Waals surface area contributed by atoms with E-state index < -0.39 is 17.2 Å². The van der Waals surface area contributed by atoms with Gasteiger partial charge in [-0.2, -0.15) is 0 Å². The fraction of sp³-hybridized carbons (Fsp3) is 0.429. The number of aromatic nitrogens is 1. The third-order valence-electron chi connectivity index (χ3n) is 5.12. The zero-order valence-corrected chi connectivity index (χ0v) is 16.2. The van der Waals surface area contributed by atoms with Crippen molar-refractivity contribution in [1.29, 1.82) is 0 Å². The molecular formula is C21H24N2O5. The molecule has 0 radical (unpaired) electrons. The molecule has 3 heterocycles. The second-order valence-corrected chi connectivity index (χ2v) is 8.28. The van der Waals surface area contributed by atoms with Crippen LogP contribution in [0.3, 0.4) is 0 Å². The van der Waals surface area contributed by atoms with Crippen molar-refractivity contribution in [3.05, 3.63) is 47.3 Å². The maximum atomic E-state index is 12.9. The van der Waals surface area contributed by atoms with Gasteiger partial charge in [-0.15, -0.1) is 0 Å². The predicted octanol–water partition coefficient (Wildman–Crippen LogP) is 3.10. The first-order chi connectivity index (χ1) is 13.2. The van der Waals surface area contributed by atoms with Gasteiger partial charge < -0.3 is 24.5 Å². The highest BCUT2D eigenvalue weighted by atomic mass is 16.6. The van der Waals surface area contributed by atoms with E-state index in [0.29, 0.717) is 24.2 Å². The average Bonchev–Trinajstić information content (AvgIpc) is 3.07. The van der Waals surface area contributed by atoms with Crippen LogP contribution in [-0.4, -0.2) is 40.3 Å². The molecule has 2 aliphatic heterocycles. The lowest BCUT2D eigenvalue weighted by Gasteiger charge is -2.43. The van der Waals surface area contributed by atoms with Crippen LogP contribution >= 0.6 is 0 Å². The number of benzene rings is 1. The van der Waals surface area contributed by atoms with E-state index in [2.05, 4.69) is 5.32 Å². The summed E-state index contributed by atoms with van der Waals surface area (Å²) in [5.41, 5.74) is 0.857. The van der Waals surface area contributed by atoms with E-state index in [-0.39, 0.29) is 11.5 Å². The number of esters is 1. The average molecular weight is 384 g/mol. The van der Waals surface area contributed by atoms with Gasteiger partial charge in [-0.25, -0.2) is 9.59 Å². The summed E-state index contributed by atoms with van der Waals surface area (Å²) in [6.07, 6.45) is 3.17. The minimum absolute atomic E-state index is 0.172. The predicted molar refractivity (Wildman–Crippen MR) is 102 cm³/mol. The van der Waals surface area contributed by atoms with Crippen molar-refractivity contribution in [2.75, 3.05) is 13.1 Å². The van der Waals surface area contributed by atoms with Crippen molar-refractivity contribution in [1.82, 2.24) is 9.88 Å². The molecule has 7 nitrogen and oxygen atoms in total. The molecule has 0 atom stereocenters. The number of aromatic carboxylic acids is 1. The van der Waals surface area contributed by atoms with Gasteiger partial charge in [-0.05, 0) is 58.1 Å². The lowest BCUT2D eigenvalue weighted by atomic mass is 9.85. The first-order valence-electron chi connectivity index (χ1n) is 9.43. The summed E-state index contributed by atoms with van der Waals surface area (Å²) in [6, 6.07) is 6.57. The molecule has 148 valence electrons. The van der Waals surface area contributed by atoms with E-state index in [4.69, 9.17) is 9.47 Å². The summed E-state index contributed by atoms with van der Waals surface area (Å²) in [7, 11) is 0. The van der Waals surface area contributed by atoms with Crippen molar-refractivity contribution in [2.45, 2.75) is 44.8 Å². The lowest BCUT2D eigenvalue weighted by molar-refractivity contribution is 0.00127. The van der Waals surface area contributed by atoms with Crippen LogP contribution in [0.2, 0.25) is 0 Å². The molecule has 1 spiro atoms. The largest absolute Gasteiger partial charge is 0.479 e. The Kier molecular flexibility index (Phi) is 4.23. The van der Waals surface area contributed by atoms with Gasteiger partial charge in [0.15, 0.2) is 5.60 Å². The molecule has 2 N–H and O–H groups in total. The minimum atomic E-state index is -1.00. The van der Waals surface area contributed by atoms with Crippen LogP contribution in [0.25, 0.3) is 5.69 Å². The number of ether oxygens (including phenoxy) is 2. The fourth-order valence-corrected chi connectivity index (χ4v) is 3.95. The zero-order valence-electron chi connectivity index (χ0n) is 16.2. The van der Waals surface area contributed by atoms with Gasteiger partial charge in [0.25, 0.3) is 0 Å². The molecule has 2 aromatic rings. The van der Waals surface area contributed by atoms with Crippen LogP contribution in [0.4, 0.5) is 0 Å². The van der Waals surface area contributed by atoms with Gasteiger partial charge in [0.05, 0.1) is 22.5 Å². The third kappa shape index (κ3) is 3.05. The number of hydrogen-bond acceptors (Lipinski definition) is 5. The quantitative estimate of drug-likeness (QED) is 0.774. The molecular weight excluding hydrogens is 360 g/mol. The molecule has 0 saturated carbocycles. The summed E-state index contributed by atoms with van der Waals surface area (Å²) in [5, 5.41) is 12.7. The molecule has 2 aliphatic rings. The molecule has 1 aromatic carbocycles. The molecule has 1 fully saturated rings. The van der Waals surface area contributed by atoms with E-state index in [1.54, 1.807) is 24.3 Å². The second-order valence-electron chi connectivity index (χ2n) is 8.28. The van der Waals surface area contributed by atoms with E-state index >= 15 is 0 Å². The third-order valence-corrected chi connectivity index (χ3v) is 5.12. The summed E-state index contributed by atoms with van der Waals surface area (Å²) in [6.45, 7) is 7.01. The lowest BCUT2D eigenvalue weighted by Crippen LogP contribution is -2.47. The minimum Gasteiger partial charge on any atom is -0.479 e. The first-order valence-corrected chi connectivity index (χ1v) is 9.43. The highest BCUT2D eigenvalue weighted by molar-refractivity contribution is 5.92. The molecule has 1 saturated heterocycles. The molecule has 0 amide bonds. The van der Waals surface area contributed by atoms with E-state index in [1.807, 2.05) is 31.5 Å². The van der Waals surface area contributed by atoms with Crippen molar-refractivity contribution in [3.63, 3.8) is 0 Å². The van der Waals surface area contributed by atoms with Crippen LogP contribution in [0.15, 0.2) is 30.5 Å². The highest BCUT2D eigenvalue weighted by Gasteiger charge is 2.46. The summed E-state index contributed by atoms with van der Waals surface area (Å²) < 4.78 is 14.0. The van der Waals surface area contributed by atoms with Gasteiger partial charge in [-0.3, -0.25) is 0 Å². The highest BCUT2D eigenvalue weighted by Crippen LogP contribution is 2.46. The topological polar surface area (TPSA) is 89.8 Å². The monoisotopic (exact) mass is 384 g/mol. The van der Waals surface area contributed by atoms with E-state index in [9.17, 15) is 14.7 Å². The zero-order chi connectivity index (χ0) is 20.1. The van der Waals surface area contributed by atoms with Gasteiger partial charge in [0.2, 0.25) is 0 Å². The molecule has 4 rings (SSSR count). The molecule has 7 heteroatoms. The van der Waals surface area contributed by atoms with Gasteiger partial charge in [0.1, 0.15) is 11.4 Å². The number of carboxylic acid groups (broad SMARTS) is 1. The second kappa shape index (κ2) is 6.38. The Morgan fingerprint density at radius 2 is 1.93 bits per heavy atom. The number of hydrogen-bond donors (Lipinski definition) is 2. The number of nitrogens with one attached hydrogen (secondary N) is 1. The number of fused-ring (bicyclic) bond motifs is 4. The Labute approximate surface area is 163 Å². The number of carbonyl (C=O) groups is 2. The normalized spacial score (nSPS) is 17.4. The van der Waals surface area contributed by atoms with Crippen molar-refractivity contribution >= 4 is 11.9 Å². The Hall–Kier alpha value is -2.80. The van der Waals surface area contributed by atoms with Crippen molar-refractivity contribution in [2.24, 2.45) is 0 Å². The molecule has 0 bridgehead atoms. The Balaban J connectivity index is 1.87. The summed E-state index contributed by atoms with van der Waals surface area (Å²) in [5.74, 6) is -0.868. The first kappa shape index (κ1) is 18.6. The standard InChI is InChI=1S/C21H24N2O5/c1-20(2,3)28-19(26)14-6-11-23-15-5-4-13(18(24)25)12-16(15)27-21(17(14)23)7-9-22-10-8-21/h4-6,11-12,22H,7-10H2,1-3H3,(H,24,25). The number of carboxylic acids is 1. The fourth-order valence-electron chi connectivity index (χ4n) is 3.95. The molecule has 28 heavy (non-hydrogen) atoms. The smallest absolute Gasteiger partial charge is 0.340 e. The molecule has 0 aliphatic carbocycles. The van der Waals surface area contributed by atoms with Crippen LogP contribution in [0.1, 0.15) is 60.0 Å². The number of rotatable bonds is 2. The number of carbonyl (C=O) groups excluding carboxylic acids is 1. The number of nitrogens with zero attached hydrogens (tertiary/aromatic N) is 1. The Bertz CT molecular complexity index is 948. The van der Waals surface area contributed by atoms with Crippen LogP contribution in [-0.2, 0) is 10.3 Å². The van der Waals surface area contributed by atoms with Crippen LogP contribution in [0, 0.1) is 0 Å². The van der Waals surface area contributed by atoms with Gasteiger partial charge >= 0.3 is 11.9 Å². The number of piperidine rings is 1. The van der Waals surface area contributed by atoms with Crippen molar-refractivity contribution < 1.29 is 24.2 Å². The van der Waals surface area contributed by atoms with E-state index in [1.165, 1.54) is 0 Å². The van der Waals surface area contributed by atoms with Crippen LogP contribution < -0.4 is 10.1 Å². The molecule has 1 aromatic heterocycles. The van der Waals surface area contributed by atoms with Gasteiger partial charge in [0, 0.05) is 19.0 Å². The summed E-state index contributed by atoms with van der Waals surface area (Å²) in [4.78, 5) is 24.3. The van der Waals surface area contributed by atoms with E-state index in [0.717, 1.165) is 24.5 Å². The van der Waals surface area contributed by atoms with Crippen LogP contribution in [0.5, 0.6) is 5.75 Å². The maximum Gasteiger partial charge on any atom is 0.340 e. The molecule has 0 unspecified atom stereocenters. The summed E-state index contributed by atoms with van der Waals surface area (Å²) >= 11 is 0. The Morgan fingerprint density at radius 1 is 1.21 bits per heavy atom.